The number of ether oxygens (including phenoxy) is 1. The molecule has 0 bridgehead atoms. The predicted molar refractivity (Wildman–Crippen MR) is 55.8 cm³/mol. The van der Waals surface area contributed by atoms with Crippen molar-refractivity contribution in [2.45, 2.75) is 26.4 Å². The second-order valence-electron chi connectivity index (χ2n) is 5.23. The zero-order valence-electron chi connectivity index (χ0n) is 9.60. The van der Waals surface area contributed by atoms with Crippen molar-refractivity contribution < 1.29 is 19.4 Å². The largest absolute Gasteiger partial charge is 0.479 e. The van der Waals surface area contributed by atoms with Gasteiger partial charge in [0.05, 0.1) is 13.2 Å². The van der Waals surface area contributed by atoms with Crippen LogP contribution < -0.4 is 0 Å². The monoisotopic (exact) mass is 227 g/mol. The average Bonchev–Trinajstić information content (AvgIpc) is 2.87. The van der Waals surface area contributed by atoms with Crippen LogP contribution in [-0.2, 0) is 14.3 Å². The van der Waals surface area contributed by atoms with Gasteiger partial charge < -0.3 is 14.7 Å². The van der Waals surface area contributed by atoms with E-state index >= 15 is 0 Å². The molecule has 2 atom stereocenters. The van der Waals surface area contributed by atoms with E-state index in [1.807, 2.05) is 0 Å². The van der Waals surface area contributed by atoms with Crippen molar-refractivity contribution in [2.24, 2.45) is 11.3 Å². The molecule has 90 valence electrons. The fraction of sp³-hybridized carbons (Fsp3) is 0.818. The smallest absolute Gasteiger partial charge is 0.334 e. The minimum Gasteiger partial charge on any atom is -0.479 e. The molecule has 5 nitrogen and oxygen atoms in total. The van der Waals surface area contributed by atoms with Gasteiger partial charge in [-0.1, -0.05) is 13.8 Å². The predicted octanol–water partition coefficient (Wildman–Crippen LogP) is 0.344. The second-order valence-corrected chi connectivity index (χ2v) is 5.23. The van der Waals surface area contributed by atoms with E-state index in [-0.39, 0.29) is 23.8 Å². The molecule has 1 aliphatic carbocycles. The van der Waals surface area contributed by atoms with E-state index in [0.29, 0.717) is 13.2 Å². The van der Waals surface area contributed by atoms with E-state index in [1.165, 1.54) is 0 Å². The van der Waals surface area contributed by atoms with E-state index in [2.05, 4.69) is 13.8 Å². The number of aliphatic carboxylic acids is 1. The Hall–Kier alpha value is -1.10. The molecule has 0 spiro atoms. The molecule has 2 aliphatic rings. The third kappa shape index (κ3) is 2.04. The first-order valence-corrected chi connectivity index (χ1v) is 5.55. The molecule has 16 heavy (non-hydrogen) atoms. The molecule has 1 N–H and O–H groups in total. The van der Waals surface area contributed by atoms with Crippen LogP contribution in [0.4, 0.5) is 0 Å². The maximum atomic E-state index is 12.0. The summed E-state index contributed by atoms with van der Waals surface area (Å²) in [5.41, 5.74) is 0.0914. The Bertz CT molecular complexity index is 326. The van der Waals surface area contributed by atoms with Crippen LogP contribution in [0.25, 0.3) is 0 Å². The molecule has 1 heterocycles. The highest BCUT2D eigenvalue weighted by molar-refractivity contribution is 5.83. The number of carbonyl (C=O) groups is 2. The van der Waals surface area contributed by atoms with E-state index < -0.39 is 12.1 Å². The van der Waals surface area contributed by atoms with Gasteiger partial charge in [-0.25, -0.2) is 4.79 Å². The SMILES string of the molecule is CC1(C)C[C@@H]1C(=O)N1CCOC(C(=O)O)C1. The van der Waals surface area contributed by atoms with Gasteiger partial charge in [0.15, 0.2) is 6.10 Å². The van der Waals surface area contributed by atoms with Gasteiger partial charge >= 0.3 is 5.97 Å². The first-order chi connectivity index (χ1) is 7.42. The van der Waals surface area contributed by atoms with Crippen molar-refractivity contribution in [1.82, 2.24) is 4.90 Å². The summed E-state index contributed by atoms with van der Waals surface area (Å²) in [4.78, 5) is 24.4. The van der Waals surface area contributed by atoms with Crippen LogP contribution >= 0.6 is 0 Å². The number of amides is 1. The fourth-order valence-corrected chi connectivity index (χ4v) is 2.11. The van der Waals surface area contributed by atoms with Crippen molar-refractivity contribution in [3.8, 4) is 0 Å². The number of carbonyl (C=O) groups excluding carboxylic acids is 1. The quantitative estimate of drug-likeness (QED) is 0.739. The minimum absolute atomic E-state index is 0.0695. The van der Waals surface area contributed by atoms with Crippen LogP contribution in [0.3, 0.4) is 0 Å². The van der Waals surface area contributed by atoms with Crippen molar-refractivity contribution in [1.29, 1.82) is 0 Å². The van der Waals surface area contributed by atoms with Crippen LogP contribution in [0.5, 0.6) is 0 Å². The maximum Gasteiger partial charge on any atom is 0.334 e. The molecule has 0 aromatic heterocycles. The Balaban J connectivity index is 1.95. The van der Waals surface area contributed by atoms with Gasteiger partial charge in [0.1, 0.15) is 0 Å². The van der Waals surface area contributed by atoms with Crippen molar-refractivity contribution in [2.75, 3.05) is 19.7 Å². The number of morpholine rings is 1. The highest BCUT2D eigenvalue weighted by Gasteiger charge is 2.52. The Kier molecular flexibility index (Phi) is 2.66. The normalized spacial score (nSPS) is 32.2. The number of rotatable bonds is 2. The summed E-state index contributed by atoms with van der Waals surface area (Å²) in [5.74, 6) is -0.841. The lowest BCUT2D eigenvalue weighted by atomic mass is 10.1. The summed E-state index contributed by atoms with van der Waals surface area (Å²) in [6, 6.07) is 0. The topological polar surface area (TPSA) is 66.8 Å². The van der Waals surface area contributed by atoms with Crippen LogP contribution in [0.2, 0.25) is 0 Å². The molecule has 1 amide bonds. The van der Waals surface area contributed by atoms with Crippen molar-refractivity contribution >= 4 is 11.9 Å². The lowest BCUT2D eigenvalue weighted by Crippen LogP contribution is -2.49. The summed E-state index contributed by atoms with van der Waals surface area (Å²) in [7, 11) is 0. The van der Waals surface area contributed by atoms with Crippen molar-refractivity contribution in [3.63, 3.8) is 0 Å². The fourth-order valence-electron chi connectivity index (χ4n) is 2.11. The van der Waals surface area contributed by atoms with Crippen molar-refractivity contribution in [3.05, 3.63) is 0 Å². The van der Waals surface area contributed by atoms with E-state index in [9.17, 15) is 9.59 Å². The van der Waals surface area contributed by atoms with Gasteiger partial charge in [0.25, 0.3) is 0 Å². The number of carboxylic acid groups (broad SMARTS) is 1. The van der Waals surface area contributed by atoms with E-state index in [1.54, 1.807) is 4.90 Å². The van der Waals surface area contributed by atoms with Crippen LogP contribution in [0.15, 0.2) is 0 Å². The Morgan fingerprint density at radius 2 is 2.06 bits per heavy atom. The molecule has 0 radical (unpaired) electrons. The lowest BCUT2D eigenvalue weighted by Gasteiger charge is -2.31. The molecule has 0 aromatic rings. The number of carboxylic acids is 1. The molecule has 1 unspecified atom stereocenters. The van der Waals surface area contributed by atoms with E-state index in [4.69, 9.17) is 9.84 Å². The Labute approximate surface area is 94.4 Å². The molecule has 2 fully saturated rings. The molecular weight excluding hydrogens is 210 g/mol. The number of hydrogen-bond acceptors (Lipinski definition) is 3. The average molecular weight is 227 g/mol. The van der Waals surface area contributed by atoms with E-state index in [0.717, 1.165) is 6.42 Å². The summed E-state index contributed by atoms with van der Waals surface area (Å²) in [5, 5.41) is 8.83. The molecule has 1 saturated heterocycles. The molecule has 1 aliphatic heterocycles. The van der Waals surface area contributed by atoms with Gasteiger partial charge in [-0.15, -0.1) is 0 Å². The molecule has 2 rings (SSSR count). The first kappa shape index (κ1) is 11.4. The second kappa shape index (κ2) is 3.73. The molecule has 0 aromatic carbocycles. The number of nitrogens with zero attached hydrogens (tertiary/aromatic N) is 1. The lowest BCUT2D eigenvalue weighted by molar-refractivity contribution is -0.159. The summed E-state index contributed by atoms with van der Waals surface area (Å²) >= 11 is 0. The highest BCUT2D eigenvalue weighted by atomic mass is 16.5. The maximum absolute atomic E-state index is 12.0. The Morgan fingerprint density at radius 1 is 1.44 bits per heavy atom. The first-order valence-electron chi connectivity index (χ1n) is 5.55. The zero-order valence-corrected chi connectivity index (χ0v) is 9.60. The third-order valence-corrected chi connectivity index (χ3v) is 3.47. The zero-order chi connectivity index (χ0) is 11.9. The van der Waals surface area contributed by atoms with Gasteiger partial charge in [-0.2, -0.15) is 0 Å². The highest BCUT2D eigenvalue weighted by Crippen LogP contribution is 2.52. The number of hydrogen-bond donors (Lipinski definition) is 1. The molecule has 1 saturated carbocycles. The molecule has 5 heteroatoms. The minimum atomic E-state index is -0.993. The van der Waals surface area contributed by atoms with Crippen LogP contribution in [-0.4, -0.2) is 47.7 Å². The summed E-state index contributed by atoms with van der Waals surface area (Å²) < 4.78 is 5.08. The Morgan fingerprint density at radius 3 is 2.56 bits per heavy atom. The standard InChI is InChI=1S/C11H17NO4/c1-11(2)5-7(11)9(13)12-3-4-16-8(6-12)10(14)15/h7-8H,3-6H2,1-2H3,(H,14,15)/t7-,8?/m1/s1. The third-order valence-electron chi connectivity index (χ3n) is 3.47. The van der Waals surface area contributed by atoms with Crippen LogP contribution in [0.1, 0.15) is 20.3 Å². The summed E-state index contributed by atoms with van der Waals surface area (Å²) in [6.45, 7) is 5.13. The van der Waals surface area contributed by atoms with Gasteiger partial charge in [-0.3, -0.25) is 4.79 Å². The van der Waals surface area contributed by atoms with Gasteiger partial charge in [0, 0.05) is 12.5 Å². The van der Waals surface area contributed by atoms with Gasteiger partial charge in [0.2, 0.25) is 5.91 Å². The summed E-state index contributed by atoms with van der Waals surface area (Å²) in [6.07, 6.45) is 0.0422. The van der Waals surface area contributed by atoms with Crippen LogP contribution in [0, 0.1) is 11.3 Å². The van der Waals surface area contributed by atoms with Gasteiger partial charge in [-0.05, 0) is 11.8 Å². The molecular formula is C11H17NO4.